The predicted molar refractivity (Wildman–Crippen MR) is 280 cm³/mol. The topological polar surface area (TPSA) is 394 Å². The highest BCUT2D eigenvalue weighted by atomic mass is 16.8. The van der Waals surface area contributed by atoms with Gasteiger partial charge in [-0.15, -0.1) is 0 Å². The molecule has 26 nitrogen and oxygen atoms in total. The van der Waals surface area contributed by atoms with Crippen LogP contribution in [0.2, 0.25) is 0 Å². The molecule has 6 saturated heterocycles. The molecule has 0 aromatic heterocycles. The summed E-state index contributed by atoms with van der Waals surface area (Å²) in [6, 6.07) is 0. The summed E-state index contributed by atoms with van der Waals surface area (Å²) in [6.07, 6.45) is -26.4. The Morgan fingerprint density at radius 3 is 1.82 bits per heavy atom. The Kier molecular flexibility index (Phi) is 19.9. The van der Waals surface area contributed by atoms with Crippen LogP contribution in [0, 0.1) is 46.3 Å². The van der Waals surface area contributed by atoms with E-state index in [0.29, 0.717) is 43.4 Å². The predicted octanol–water partition coefficient (Wildman–Crippen LogP) is -2.86. The Hall–Kier alpha value is -1.30. The second kappa shape index (κ2) is 25.5. The number of hydrogen-bond donors (Lipinski definition) is 14. The molecule has 0 aromatic carbocycles. The van der Waals surface area contributed by atoms with Crippen LogP contribution in [0.1, 0.15) is 99.3 Å². The maximum Gasteiger partial charge on any atom is 0.187 e. The van der Waals surface area contributed by atoms with Crippen LogP contribution in [0.3, 0.4) is 0 Å². The molecule has 6 heterocycles. The molecule has 478 valence electrons. The van der Waals surface area contributed by atoms with Crippen molar-refractivity contribution in [3.8, 4) is 0 Å². The Balaban J connectivity index is 0.785. The van der Waals surface area contributed by atoms with Crippen molar-refractivity contribution >= 4 is 0 Å². The van der Waals surface area contributed by atoms with Crippen molar-refractivity contribution in [1.29, 1.82) is 0 Å². The van der Waals surface area contributed by atoms with Crippen molar-refractivity contribution < 1.29 is 128 Å². The van der Waals surface area contributed by atoms with Gasteiger partial charge in [-0.1, -0.05) is 39.3 Å². The molecule has 0 amide bonds. The molecular formula is C57H94O26. The van der Waals surface area contributed by atoms with Crippen LogP contribution in [0.4, 0.5) is 0 Å². The Morgan fingerprint density at radius 1 is 0.590 bits per heavy atom. The second-order valence-corrected chi connectivity index (χ2v) is 26.3. The molecule has 0 radical (unpaired) electrons. The lowest BCUT2D eigenvalue weighted by atomic mass is 9.47. The van der Waals surface area contributed by atoms with E-state index in [-0.39, 0.29) is 41.3 Å². The molecule has 10 aliphatic rings. The molecule has 0 spiro atoms. The quantitative estimate of drug-likeness (QED) is 0.0614. The number of aliphatic hydroxyl groups excluding tert-OH is 14. The van der Waals surface area contributed by atoms with E-state index in [2.05, 4.69) is 26.8 Å². The first-order valence-electron chi connectivity index (χ1n) is 30.1. The molecule has 3 saturated carbocycles. The van der Waals surface area contributed by atoms with Gasteiger partial charge in [0.05, 0.1) is 50.8 Å². The minimum absolute atomic E-state index is 0.00115. The van der Waals surface area contributed by atoms with Gasteiger partial charge in [-0.2, -0.15) is 0 Å². The fourth-order valence-electron chi connectivity index (χ4n) is 16.4. The number of hydrogen-bond acceptors (Lipinski definition) is 26. The number of methoxy groups -OCH3 is 1. The van der Waals surface area contributed by atoms with Gasteiger partial charge in [0.15, 0.2) is 37.2 Å². The molecule has 26 heteroatoms. The average molecular weight is 1200 g/mol. The Bertz CT molecular complexity index is 2180. The minimum atomic E-state index is -1.79. The first kappa shape index (κ1) is 64.7. The van der Waals surface area contributed by atoms with Gasteiger partial charge in [0.1, 0.15) is 104 Å². The fraction of sp³-hybridized carbons (Fsp3) is 0.965. The second-order valence-electron chi connectivity index (χ2n) is 26.3. The van der Waals surface area contributed by atoms with Gasteiger partial charge in [0, 0.05) is 19.4 Å². The molecule has 10 rings (SSSR count). The van der Waals surface area contributed by atoms with Gasteiger partial charge >= 0.3 is 0 Å². The third-order valence-electron chi connectivity index (χ3n) is 21.5. The number of ether oxygens (including phenoxy) is 12. The van der Waals surface area contributed by atoms with Crippen molar-refractivity contribution in [2.45, 2.75) is 265 Å². The molecule has 2 unspecified atom stereocenters. The molecule has 0 bridgehead atoms. The average Bonchev–Trinajstić information content (AvgIpc) is 1.61. The van der Waals surface area contributed by atoms with Crippen molar-refractivity contribution in [3.63, 3.8) is 0 Å². The molecule has 14 N–H and O–H groups in total. The summed E-state index contributed by atoms with van der Waals surface area (Å²) in [5.74, 6) is 0.718. The summed E-state index contributed by atoms with van der Waals surface area (Å²) in [5, 5.41) is 149. The van der Waals surface area contributed by atoms with Crippen molar-refractivity contribution in [1.82, 2.24) is 0 Å². The van der Waals surface area contributed by atoms with E-state index in [0.717, 1.165) is 32.1 Å². The maximum absolute atomic E-state index is 12.3. The molecule has 83 heavy (non-hydrogen) atoms. The van der Waals surface area contributed by atoms with Crippen molar-refractivity contribution in [3.05, 3.63) is 11.6 Å². The largest absolute Gasteiger partial charge is 0.394 e. The first-order valence-corrected chi connectivity index (χ1v) is 30.1. The first-order chi connectivity index (χ1) is 39.3. The van der Waals surface area contributed by atoms with Gasteiger partial charge in [0.2, 0.25) is 0 Å². The summed E-state index contributed by atoms with van der Waals surface area (Å²) in [4.78, 5) is 0. The summed E-state index contributed by atoms with van der Waals surface area (Å²) < 4.78 is 73.1. The van der Waals surface area contributed by atoms with E-state index in [9.17, 15) is 71.5 Å². The Labute approximate surface area is 483 Å². The zero-order valence-corrected chi connectivity index (χ0v) is 48.4. The summed E-state index contributed by atoms with van der Waals surface area (Å²) >= 11 is 0. The van der Waals surface area contributed by atoms with E-state index in [4.69, 9.17) is 56.8 Å². The van der Waals surface area contributed by atoms with Crippen LogP contribution in [0.5, 0.6) is 0 Å². The van der Waals surface area contributed by atoms with Gasteiger partial charge in [0.25, 0.3) is 0 Å². The highest BCUT2D eigenvalue weighted by Crippen LogP contribution is 2.70. The lowest BCUT2D eigenvalue weighted by Gasteiger charge is -2.58. The van der Waals surface area contributed by atoms with E-state index < -0.39 is 179 Å². The smallest absolute Gasteiger partial charge is 0.187 e. The standard InChI is InChI=1S/C57H94O26/c1-22(20-73-51-45(69)42(66)38(62)32(18-58)78-51)10-15-57(72-7)23(2)35-31(83-57)17-30-28-9-8-26-16-27(11-13-55(26,5)29(28)12-14-56(30,35)6)77-54-49(82-52-46(70)41(65)37(61)25(4)76-52)47(71)48(33(19-59)79-54)81-53-43(67)39(63)34(80-53)21-74-50-44(68)40(64)36(60)24(3)75-50/h8,22-25,27-54,58-71H,9-21H2,1-7H3/t22-,23+,24+,25+,27?,28-,29+,30+,31+,32-,33-,34+,35+,36+,37+,38-,39+,40-,41-,42+,43-,44-,45-,46-,47+,48-,49-,50-,51-,52+,53+,54-,55+,56+,57?/m1/s1. The highest BCUT2D eigenvalue weighted by molar-refractivity contribution is 5.26. The van der Waals surface area contributed by atoms with E-state index in [1.807, 2.05) is 6.92 Å². The molecular weight excluding hydrogens is 1100 g/mol. The van der Waals surface area contributed by atoms with Crippen LogP contribution in [0.25, 0.3) is 0 Å². The SMILES string of the molecule is COC1(CC[C@@H](C)CO[C@@H]2O[C@H](CO)[C@@H](O)[C@H](O)[C@H]2O)O[C@H]2C[C@H]3[C@@H]4CC=C5CC(O[C@@H]6O[C@H](CO)[C@@H](O[C@@H]7O[C@@H](CO[C@@H]8O[C@@H](C)[C@H](O)[C@@H](O)[C@H]8O)[C@H](O)[C@H]7O)[C@H](O)[C@H]6O[C@@H]6O[C@@H](C)[C@H](O)[C@@H](O)[C@H]6O)CC[C@]5(C)[C@H]4CC[C@]3(C)[C@H]2[C@@H]1C. The summed E-state index contributed by atoms with van der Waals surface area (Å²) in [5.41, 5.74) is 1.10. The van der Waals surface area contributed by atoms with Crippen LogP contribution < -0.4 is 0 Å². The van der Waals surface area contributed by atoms with Crippen molar-refractivity contribution in [2.24, 2.45) is 46.3 Å². The molecule has 4 aliphatic carbocycles. The van der Waals surface area contributed by atoms with Gasteiger partial charge < -0.3 is 128 Å². The number of allylic oxidation sites excluding steroid dienone is 1. The highest BCUT2D eigenvalue weighted by Gasteiger charge is 2.68. The van der Waals surface area contributed by atoms with Crippen LogP contribution in [0.15, 0.2) is 11.6 Å². The van der Waals surface area contributed by atoms with Crippen molar-refractivity contribution in [2.75, 3.05) is 33.5 Å². The van der Waals surface area contributed by atoms with E-state index >= 15 is 0 Å². The molecule has 6 aliphatic heterocycles. The lowest BCUT2D eigenvalue weighted by Crippen LogP contribution is -2.65. The third-order valence-corrected chi connectivity index (χ3v) is 21.5. The van der Waals surface area contributed by atoms with Gasteiger partial charge in [-0.25, -0.2) is 0 Å². The zero-order chi connectivity index (χ0) is 59.9. The van der Waals surface area contributed by atoms with E-state index in [1.165, 1.54) is 19.4 Å². The monoisotopic (exact) mass is 1190 g/mol. The number of fused-ring (bicyclic) bond motifs is 7. The number of aliphatic hydroxyl groups is 14. The van der Waals surface area contributed by atoms with E-state index in [1.54, 1.807) is 7.11 Å². The van der Waals surface area contributed by atoms with Crippen LogP contribution >= 0.6 is 0 Å². The lowest BCUT2D eigenvalue weighted by molar-refractivity contribution is -0.380. The minimum Gasteiger partial charge on any atom is -0.394 e. The normalized spacial score (nSPS) is 54.8. The van der Waals surface area contributed by atoms with Gasteiger partial charge in [-0.05, 0) is 106 Å². The van der Waals surface area contributed by atoms with Crippen LogP contribution in [-0.2, 0) is 56.8 Å². The zero-order valence-electron chi connectivity index (χ0n) is 48.4. The van der Waals surface area contributed by atoms with Gasteiger partial charge in [-0.3, -0.25) is 0 Å². The fourth-order valence-corrected chi connectivity index (χ4v) is 16.4. The molecule has 9 fully saturated rings. The summed E-state index contributed by atoms with van der Waals surface area (Å²) in [7, 11) is 1.71. The molecule has 35 atom stereocenters. The number of rotatable bonds is 18. The third kappa shape index (κ3) is 11.8. The molecule has 0 aromatic rings. The Morgan fingerprint density at radius 2 is 1.16 bits per heavy atom. The van der Waals surface area contributed by atoms with Crippen LogP contribution in [-0.4, -0.2) is 270 Å². The maximum atomic E-state index is 12.3. The summed E-state index contributed by atoms with van der Waals surface area (Å²) in [6.45, 7) is 10.4.